The van der Waals surface area contributed by atoms with E-state index in [1.165, 1.54) is 5.56 Å². The lowest BCUT2D eigenvalue weighted by atomic mass is 10.1. The quantitative estimate of drug-likeness (QED) is 0.827. The third-order valence-corrected chi connectivity index (χ3v) is 3.98. The molecule has 0 spiro atoms. The van der Waals surface area contributed by atoms with Gasteiger partial charge in [0.2, 0.25) is 0 Å². The average molecular weight is 279 g/mol. The molecule has 2 fully saturated rings. The van der Waals surface area contributed by atoms with Crippen LogP contribution in [0, 0.1) is 6.92 Å². The minimum absolute atomic E-state index is 0.0611. The molecule has 1 amide bonds. The van der Waals surface area contributed by atoms with Gasteiger partial charge in [0.15, 0.2) is 0 Å². The van der Waals surface area contributed by atoms with E-state index in [1.807, 2.05) is 17.8 Å². The molecule has 1 aromatic heterocycles. The molecule has 0 saturated carbocycles. The number of piperidine rings is 1. The van der Waals surface area contributed by atoms with E-state index in [0.29, 0.717) is 19.3 Å². The third kappa shape index (κ3) is 2.95. The lowest BCUT2D eigenvalue weighted by Crippen LogP contribution is -2.41. The molecule has 0 aliphatic carbocycles. The number of ether oxygens (including phenoxy) is 2. The van der Waals surface area contributed by atoms with Crippen molar-refractivity contribution < 1.29 is 14.3 Å². The first-order valence-electron chi connectivity index (χ1n) is 7.26. The highest BCUT2D eigenvalue weighted by molar-refractivity contribution is 5.68. The van der Waals surface area contributed by atoms with Crippen LogP contribution in [0.2, 0.25) is 0 Å². The van der Waals surface area contributed by atoms with Gasteiger partial charge in [0.1, 0.15) is 6.10 Å². The summed E-state index contributed by atoms with van der Waals surface area (Å²) in [5.74, 6) is 0. The Morgan fingerprint density at radius 1 is 1.40 bits per heavy atom. The van der Waals surface area contributed by atoms with Gasteiger partial charge >= 0.3 is 6.09 Å². The van der Waals surface area contributed by atoms with Crippen LogP contribution in [0.3, 0.4) is 0 Å². The Bertz CT molecular complexity index is 460. The molecule has 0 radical (unpaired) electrons. The molecule has 110 valence electrons. The first-order valence-corrected chi connectivity index (χ1v) is 7.26. The Kier molecular flexibility index (Phi) is 3.91. The molecule has 2 aliphatic rings. The topological polar surface area (TPSA) is 56.6 Å². The Labute approximate surface area is 118 Å². The summed E-state index contributed by atoms with van der Waals surface area (Å²) in [4.78, 5) is 13.8. The van der Waals surface area contributed by atoms with Crippen LogP contribution in [0.4, 0.5) is 4.79 Å². The molecule has 6 nitrogen and oxygen atoms in total. The van der Waals surface area contributed by atoms with E-state index >= 15 is 0 Å². The molecule has 1 aromatic rings. The van der Waals surface area contributed by atoms with Gasteiger partial charge in [-0.15, -0.1) is 0 Å². The van der Waals surface area contributed by atoms with Crippen LogP contribution >= 0.6 is 0 Å². The van der Waals surface area contributed by atoms with E-state index in [-0.39, 0.29) is 12.2 Å². The number of likely N-dealkylation sites (tertiary alicyclic amines) is 1. The fourth-order valence-electron chi connectivity index (χ4n) is 2.77. The first-order chi connectivity index (χ1) is 9.72. The molecular weight excluding hydrogens is 258 g/mol. The minimum atomic E-state index is -0.199. The molecule has 0 N–H and O–H groups in total. The summed E-state index contributed by atoms with van der Waals surface area (Å²) >= 11 is 0. The van der Waals surface area contributed by atoms with Crippen molar-refractivity contribution in [2.24, 2.45) is 0 Å². The zero-order valence-corrected chi connectivity index (χ0v) is 11.8. The maximum Gasteiger partial charge on any atom is 0.410 e. The first kappa shape index (κ1) is 13.4. The van der Waals surface area contributed by atoms with Crippen molar-refractivity contribution in [1.82, 2.24) is 14.7 Å². The van der Waals surface area contributed by atoms with Crippen molar-refractivity contribution in [2.75, 3.05) is 26.3 Å². The van der Waals surface area contributed by atoms with Gasteiger partial charge < -0.3 is 14.4 Å². The second kappa shape index (κ2) is 5.83. The van der Waals surface area contributed by atoms with Crippen molar-refractivity contribution in [3.8, 4) is 0 Å². The summed E-state index contributed by atoms with van der Waals surface area (Å²) < 4.78 is 12.7. The second-order valence-corrected chi connectivity index (χ2v) is 5.59. The summed E-state index contributed by atoms with van der Waals surface area (Å²) in [6.07, 6.45) is 6.35. The maximum atomic E-state index is 12.0. The van der Waals surface area contributed by atoms with Crippen LogP contribution in [0.5, 0.6) is 0 Å². The van der Waals surface area contributed by atoms with Crippen molar-refractivity contribution in [1.29, 1.82) is 0 Å². The minimum Gasteiger partial charge on any atom is -0.444 e. The lowest BCUT2D eigenvalue weighted by Gasteiger charge is -2.32. The normalized spacial score (nSPS) is 24.1. The summed E-state index contributed by atoms with van der Waals surface area (Å²) in [7, 11) is 0. The van der Waals surface area contributed by atoms with Crippen LogP contribution in [-0.2, 0) is 9.47 Å². The Morgan fingerprint density at radius 2 is 2.20 bits per heavy atom. The van der Waals surface area contributed by atoms with Gasteiger partial charge in [0, 0.05) is 25.7 Å². The van der Waals surface area contributed by atoms with E-state index in [2.05, 4.69) is 11.3 Å². The monoisotopic (exact) mass is 279 g/mol. The fraction of sp³-hybridized carbons (Fsp3) is 0.714. The predicted molar refractivity (Wildman–Crippen MR) is 72.5 cm³/mol. The zero-order valence-electron chi connectivity index (χ0n) is 11.8. The number of amides is 1. The smallest absolute Gasteiger partial charge is 0.410 e. The maximum absolute atomic E-state index is 12.0. The van der Waals surface area contributed by atoms with Gasteiger partial charge in [-0.2, -0.15) is 5.10 Å². The lowest BCUT2D eigenvalue weighted by molar-refractivity contribution is 0.0463. The summed E-state index contributed by atoms with van der Waals surface area (Å²) in [5, 5.41) is 4.36. The number of rotatable bonds is 2. The van der Waals surface area contributed by atoms with E-state index in [4.69, 9.17) is 9.47 Å². The van der Waals surface area contributed by atoms with E-state index < -0.39 is 0 Å². The van der Waals surface area contributed by atoms with Crippen LogP contribution in [0.15, 0.2) is 12.4 Å². The molecule has 6 heteroatoms. The molecule has 1 unspecified atom stereocenters. The highest BCUT2D eigenvalue weighted by Gasteiger charge is 2.28. The van der Waals surface area contributed by atoms with E-state index in [1.54, 1.807) is 4.90 Å². The highest BCUT2D eigenvalue weighted by Crippen LogP contribution is 2.23. The predicted octanol–water partition coefficient (Wildman–Crippen LogP) is 1.75. The third-order valence-electron chi connectivity index (χ3n) is 3.98. The SMILES string of the molecule is Cc1cnn(C2CCN(C(=O)OC3CCOC3)CC2)c1. The van der Waals surface area contributed by atoms with Crippen molar-refractivity contribution in [3.63, 3.8) is 0 Å². The average Bonchev–Trinajstić information content (AvgIpc) is 3.10. The Morgan fingerprint density at radius 3 is 2.80 bits per heavy atom. The van der Waals surface area contributed by atoms with Crippen LogP contribution in [0.25, 0.3) is 0 Å². The van der Waals surface area contributed by atoms with Crippen LogP contribution < -0.4 is 0 Å². The molecule has 0 bridgehead atoms. The molecule has 0 aromatic carbocycles. The number of aromatic nitrogens is 2. The molecule has 3 rings (SSSR count). The van der Waals surface area contributed by atoms with Crippen LogP contribution in [-0.4, -0.2) is 53.2 Å². The Balaban J connectivity index is 1.49. The summed E-state index contributed by atoms with van der Waals surface area (Å²) in [6, 6.07) is 0.391. The van der Waals surface area contributed by atoms with Crippen molar-refractivity contribution in [2.45, 2.75) is 38.3 Å². The molecule has 2 aliphatic heterocycles. The Hall–Kier alpha value is -1.56. The number of aryl methyl sites for hydroxylation is 1. The van der Waals surface area contributed by atoms with E-state index in [0.717, 1.165) is 32.4 Å². The number of hydrogen-bond donors (Lipinski definition) is 0. The number of hydrogen-bond acceptors (Lipinski definition) is 4. The van der Waals surface area contributed by atoms with Gasteiger partial charge in [-0.25, -0.2) is 4.79 Å². The molecule has 3 heterocycles. The number of nitrogens with zero attached hydrogens (tertiary/aromatic N) is 3. The number of carbonyl (C=O) groups is 1. The molecule has 1 atom stereocenters. The largest absolute Gasteiger partial charge is 0.444 e. The van der Waals surface area contributed by atoms with Gasteiger partial charge in [-0.1, -0.05) is 0 Å². The van der Waals surface area contributed by atoms with Crippen molar-refractivity contribution >= 4 is 6.09 Å². The van der Waals surface area contributed by atoms with Gasteiger partial charge in [-0.05, 0) is 25.3 Å². The van der Waals surface area contributed by atoms with Crippen LogP contribution in [0.1, 0.15) is 30.9 Å². The number of carbonyl (C=O) groups excluding carboxylic acids is 1. The fourth-order valence-corrected chi connectivity index (χ4v) is 2.77. The molecule has 20 heavy (non-hydrogen) atoms. The van der Waals surface area contributed by atoms with Gasteiger partial charge in [-0.3, -0.25) is 4.68 Å². The standard InChI is InChI=1S/C14H21N3O3/c1-11-8-15-17(9-11)12-2-5-16(6-3-12)14(18)20-13-4-7-19-10-13/h8-9,12-13H,2-7,10H2,1H3. The second-order valence-electron chi connectivity index (χ2n) is 5.59. The zero-order chi connectivity index (χ0) is 13.9. The van der Waals surface area contributed by atoms with Crippen molar-refractivity contribution in [3.05, 3.63) is 18.0 Å². The van der Waals surface area contributed by atoms with Gasteiger partial charge in [0.25, 0.3) is 0 Å². The molecule has 2 saturated heterocycles. The summed E-state index contributed by atoms with van der Waals surface area (Å²) in [6.45, 7) is 4.74. The summed E-state index contributed by atoms with van der Waals surface area (Å²) in [5.41, 5.74) is 1.17. The van der Waals surface area contributed by atoms with E-state index in [9.17, 15) is 4.79 Å². The molecular formula is C14H21N3O3. The highest BCUT2D eigenvalue weighted by atomic mass is 16.6. The van der Waals surface area contributed by atoms with Gasteiger partial charge in [0.05, 0.1) is 25.5 Å².